The molecule has 0 aliphatic rings. The molecule has 0 saturated heterocycles. The first-order valence-electron chi connectivity index (χ1n) is 7.81. The van der Waals surface area contributed by atoms with Crippen molar-refractivity contribution in [3.05, 3.63) is 46.0 Å². The maximum atomic E-state index is 12.6. The molecule has 0 unspecified atom stereocenters. The van der Waals surface area contributed by atoms with E-state index in [2.05, 4.69) is 5.10 Å². The van der Waals surface area contributed by atoms with Gasteiger partial charge in [0, 0.05) is 10.6 Å². The lowest BCUT2D eigenvalue weighted by Crippen LogP contribution is -2.15. The minimum Gasteiger partial charge on any atom is -0.462 e. The van der Waals surface area contributed by atoms with Crippen LogP contribution in [0.25, 0.3) is 16.6 Å². The molecule has 8 nitrogen and oxygen atoms in total. The molecule has 3 rings (SSSR count). The zero-order chi connectivity index (χ0) is 19.7. The van der Waals surface area contributed by atoms with Crippen molar-refractivity contribution in [3.8, 4) is 23.3 Å². The van der Waals surface area contributed by atoms with Gasteiger partial charge >= 0.3 is 5.97 Å². The second-order valence-corrected chi connectivity index (χ2v) is 5.92. The quantitative estimate of drug-likeness (QED) is 0.664. The summed E-state index contributed by atoms with van der Waals surface area (Å²) >= 11 is 5.95. The second-order valence-electron chi connectivity index (χ2n) is 5.48. The van der Waals surface area contributed by atoms with Crippen molar-refractivity contribution < 1.29 is 9.53 Å². The highest BCUT2D eigenvalue weighted by Gasteiger charge is 2.28. The molecule has 3 aromatic rings. The number of anilines is 2. The molecule has 0 aliphatic carbocycles. The minimum absolute atomic E-state index is 0.00359. The highest BCUT2D eigenvalue weighted by atomic mass is 35.5. The molecule has 0 fully saturated rings. The summed E-state index contributed by atoms with van der Waals surface area (Å²) in [5.74, 6) is -0.893. The zero-order valence-electron chi connectivity index (χ0n) is 14.2. The van der Waals surface area contributed by atoms with Crippen LogP contribution in [0.15, 0.2) is 24.3 Å². The fourth-order valence-corrected chi connectivity index (χ4v) is 2.98. The average Bonchev–Trinajstić information content (AvgIpc) is 2.99. The van der Waals surface area contributed by atoms with Crippen LogP contribution in [0.4, 0.5) is 11.6 Å². The summed E-state index contributed by atoms with van der Waals surface area (Å²) in [5, 5.41) is 23.8. The van der Waals surface area contributed by atoms with Crippen LogP contribution in [-0.4, -0.2) is 22.2 Å². The zero-order valence-corrected chi connectivity index (χ0v) is 14.9. The Hall–Kier alpha value is -3.75. The Bertz CT molecular complexity index is 1150. The summed E-state index contributed by atoms with van der Waals surface area (Å²) in [7, 11) is 0. The van der Waals surface area contributed by atoms with E-state index in [-0.39, 0.29) is 46.0 Å². The number of nitrogens with zero attached hydrogens (tertiary/aromatic N) is 4. The molecule has 9 heteroatoms. The van der Waals surface area contributed by atoms with Crippen molar-refractivity contribution in [2.24, 2.45) is 0 Å². The first kappa shape index (κ1) is 18.1. The van der Waals surface area contributed by atoms with Gasteiger partial charge in [0.05, 0.1) is 12.2 Å². The number of carbonyl (C=O) groups is 1. The number of esters is 1. The predicted octanol–water partition coefficient (Wildman–Crippen LogP) is 2.74. The lowest BCUT2D eigenvalue weighted by atomic mass is 9.94. The van der Waals surface area contributed by atoms with Gasteiger partial charge in [0.1, 0.15) is 34.6 Å². The lowest BCUT2D eigenvalue weighted by Gasteiger charge is -2.15. The van der Waals surface area contributed by atoms with Gasteiger partial charge in [0.15, 0.2) is 5.82 Å². The molecule has 2 aromatic heterocycles. The van der Waals surface area contributed by atoms with Crippen LogP contribution >= 0.6 is 11.6 Å². The summed E-state index contributed by atoms with van der Waals surface area (Å²) in [4.78, 5) is 12.6. The SMILES string of the molecule is CCOC(=O)c1c(-c2ccc(Cl)cc2)c(C#N)c2c(C#N)c(N)nn2c1N. The molecule has 0 aliphatic heterocycles. The molecule has 0 amide bonds. The number of hydrogen-bond acceptors (Lipinski definition) is 7. The van der Waals surface area contributed by atoms with E-state index < -0.39 is 5.97 Å². The first-order chi connectivity index (χ1) is 12.9. The Morgan fingerprint density at radius 1 is 1.22 bits per heavy atom. The highest BCUT2D eigenvalue weighted by molar-refractivity contribution is 6.30. The van der Waals surface area contributed by atoms with E-state index in [1.807, 2.05) is 12.1 Å². The normalized spacial score (nSPS) is 10.4. The van der Waals surface area contributed by atoms with Crippen LogP contribution < -0.4 is 11.5 Å². The van der Waals surface area contributed by atoms with Crippen LogP contribution in [-0.2, 0) is 4.74 Å². The molecule has 0 spiro atoms. The monoisotopic (exact) mass is 380 g/mol. The summed E-state index contributed by atoms with van der Waals surface area (Å²) in [6.07, 6.45) is 0. The topological polar surface area (TPSA) is 143 Å². The molecule has 0 saturated carbocycles. The predicted molar refractivity (Wildman–Crippen MR) is 99.8 cm³/mol. The Kier molecular flexibility index (Phi) is 4.59. The van der Waals surface area contributed by atoms with Crippen molar-refractivity contribution in [1.29, 1.82) is 10.5 Å². The molecule has 4 N–H and O–H groups in total. The number of benzene rings is 1. The van der Waals surface area contributed by atoms with Crippen LogP contribution in [0.1, 0.15) is 28.4 Å². The Labute approximate surface area is 159 Å². The van der Waals surface area contributed by atoms with E-state index >= 15 is 0 Å². The largest absolute Gasteiger partial charge is 0.462 e. The van der Waals surface area contributed by atoms with Crippen LogP contribution in [0.2, 0.25) is 5.02 Å². The van der Waals surface area contributed by atoms with Crippen molar-refractivity contribution in [2.45, 2.75) is 6.92 Å². The van der Waals surface area contributed by atoms with Gasteiger partial charge in [-0.2, -0.15) is 10.5 Å². The van der Waals surface area contributed by atoms with E-state index in [1.54, 1.807) is 31.2 Å². The number of hydrogen-bond donors (Lipinski definition) is 2. The van der Waals surface area contributed by atoms with Gasteiger partial charge in [-0.05, 0) is 24.6 Å². The van der Waals surface area contributed by atoms with Crippen LogP contribution in [0, 0.1) is 22.7 Å². The standard InChI is InChI=1S/C18H13ClN6O2/c1-2-27-18(26)14-13(9-3-5-10(19)6-4-9)11(7-20)15-12(8-21)16(22)24-25(15)17(14)23/h3-6H,2,23H2,1H3,(H2,22,24). The molecule has 0 radical (unpaired) electrons. The Morgan fingerprint density at radius 2 is 1.85 bits per heavy atom. The van der Waals surface area contributed by atoms with E-state index in [9.17, 15) is 15.3 Å². The fourth-order valence-electron chi connectivity index (χ4n) is 2.85. The molecule has 0 bridgehead atoms. The second kappa shape index (κ2) is 6.87. The summed E-state index contributed by atoms with van der Waals surface area (Å²) in [6, 6.07) is 10.5. The first-order valence-corrected chi connectivity index (χ1v) is 8.19. The average molecular weight is 381 g/mol. The molecule has 2 heterocycles. The maximum absolute atomic E-state index is 12.6. The molecule has 134 valence electrons. The van der Waals surface area contributed by atoms with Crippen molar-refractivity contribution in [2.75, 3.05) is 18.1 Å². The highest BCUT2D eigenvalue weighted by Crippen LogP contribution is 2.37. The number of nitrogen functional groups attached to an aromatic ring is 2. The number of carbonyl (C=O) groups excluding carboxylic acids is 1. The van der Waals surface area contributed by atoms with Crippen molar-refractivity contribution in [1.82, 2.24) is 9.61 Å². The van der Waals surface area contributed by atoms with Gasteiger partial charge < -0.3 is 16.2 Å². The number of rotatable bonds is 3. The van der Waals surface area contributed by atoms with Gasteiger partial charge in [0.2, 0.25) is 0 Å². The number of pyridine rings is 1. The summed E-state index contributed by atoms with van der Waals surface area (Å²) < 4.78 is 6.24. The number of halogens is 1. The Morgan fingerprint density at radius 3 is 2.41 bits per heavy atom. The molecular formula is C18H13ClN6O2. The Balaban J connectivity index is 2.55. The maximum Gasteiger partial charge on any atom is 0.342 e. The fraction of sp³-hybridized carbons (Fsp3) is 0.111. The summed E-state index contributed by atoms with van der Waals surface area (Å²) in [5.41, 5.74) is 12.9. The summed E-state index contributed by atoms with van der Waals surface area (Å²) in [6.45, 7) is 1.77. The number of nitriles is 2. The van der Waals surface area contributed by atoms with Crippen molar-refractivity contribution >= 4 is 34.7 Å². The van der Waals surface area contributed by atoms with Gasteiger partial charge in [-0.25, -0.2) is 9.31 Å². The molecule has 0 atom stereocenters. The minimum atomic E-state index is -0.717. The lowest BCUT2D eigenvalue weighted by molar-refractivity contribution is 0.0528. The van der Waals surface area contributed by atoms with Crippen LogP contribution in [0.5, 0.6) is 0 Å². The number of ether oxygens (including phenoxy) is 1. The third-order valence-corrected chi connectivity index (χ3v) is 4.22. The van der Waals surface area contributed by atoms with Gasteiger partial charge in [0.25, 0.3) is 0 Å². The molecular weight excluding hydrogens is 368 g/mol. The smallest absolute Gasteiger partial charge is 0.342 e. The number of fused-ring (bicyclic) bond motifs is 1. The van der Waals surface area contributed by atoms with Gasteiger partial charge in [-0.3, -0.25) is 0 Å². The van der Waals surface area contributed by atoms with Crippen LogP contribution in [0.3, 0.4) is 0 Å². The van der Waals surface area contributed by atoms with E-state index in [0.29, 0.717) is 10.6 Å². The van der Waals surface area contributed by atoms with Crippen molar-refractivity contribution in [3.63, 3.8) is 0 Å². The molecule has 27 heavy (non-hydrogen) atoms. The number of nitrogens with two attached hydrogens (primary N) is 2. The van der Waals surface area contributed by atoms with Gasteiger partial charge in [-0.1, -0.05) is 23.7 Å². The van der Waals surface area contributed by atoms with E-state index in [0.717, 1.165) is 4.52 Å². The van der Waals surface area contributed by atoms with Gasteiger partial charge in [-0.15, -0.1) is 5.10 Å². The van der Waals surface area contributed by atoms with E-state index in [4.69, 9.17) is 27.8 Å². The van der Waals surface area contributed by atoms with E-state index in [1.165, 1.54) is 0 Å². The third kappa shape index (κ3) is 2.78. The number of aromatic nitrogens is 2. The molecule has 1 aromatic carbocycles. The third-order valence-electron chi connectivity index (χ3n) is 3.97.